The Morgan fingerprint density at radius 1 is 1.39 bits per heavy atom. The number of para-hydroxylation sites is 1. The Labute approximate surface area is 109 Å². The van der Waals surface area contributed by atoms with Crippen LogP contribution < -0.4 is 10.5 Å². The van der Waals surface area contributed by atoms with Crippen LogP contribution in [0.25, 0.3) is 0 Å². The van der Waals surface area contributed by atoms with Crippen molar-refractivity contribution >= 4 is 0 Å². The molecule has 3 N–H and O–H groups in total. The maximum atomic E-state index is 9.45. The lowest BCUT2D eigenvalue weighted by Gasteiger charge is -2.28. The van der Waals surface area contributed by atoms with E-state index in [1.165, 1.54) is 5.56 Å². The largest absolute Gasteiger partial charge is 0.491 e. The fourth-order valence-corrected chi connectivity index (χ4v) is 2.25. The first kappa shape index (κ1) is 13.4. The molecule has 1 aromatic carbocycles. The van der Waals surface area contributed by atoms with Crippen molar-refractivity contribution in [1.29, 1.82) is 0 Å². The number of rotatable bonds is 6. The van der Waals surface area contributed by atoms with Crippen molar-refractivity contribution in [1.82, 2.24) is 0 Å². The Balaban J connectivity index is 2.05. The summed E-state index contributed by atoms with van der Waals surface area (Å²) in [5.41, 5.74) is 6.81. The molecule has 0 aliphatic heterocycles. The minimum Gasteiger partial charge on any atom is -0.491 e. The van der Waals surface area contributed by atoms with Gasteiger partial charge in [0, 0.05) is 0 Å². The Morgan fingerprint density at radius 2 is 2.06 bits per heavy atom. The second-order valence-electron chi connectivity index (χ2n) is 5.65. The average molecular weight is 249 g/mol. The summed E-state index contributed by atoms with van der Waals surface area (Å²) in [6.45, 7) is 4.66. The van der Waals surface area contributed by atoms with E-state index in [9.17, 15) is 5.11 Å². The van der Waals surface area contributed by atoms with E-state index in [0.717, 1.165) is 18.6 Å². The van der Waals surface area contributed by atoms with Crippen LogP contribution in [0.1, 0.15) is 38.2 Å². The van der Waals surface area contributed by atoms with Crippen LogP contribution in [0.2, 0.25) is 0 Å². The molecule has 0 bridgehead atoms. The molecule has 1 aliphatic carbocycles. The average Bonchev–Trinajstić information content (AvgIpc) is 3.21. The summed E-state index contributed by atoms with van der Waals surface area (Å²) < 4.78 is 5.87. The molecule has 0 saturated heterocycles. The summed E-state index contributed by atoms with van der Waals surface area (Å²) in [6, 6.07) is 8.04. The molecule has 1 saturated carbocycles. The minimum absolute atomic E-state index is 0.0124. The molecule has 0 radical (unpaired) electrons. The van der Waals surface area contributed by atoms with Gasteiger partial charge in [-0.1, -0.05) is 32.0 Å². The Kier molecular flexibility index (Phi) is 3.93. The molecule has 18 heavy (non-hydrogen) atoms. The summed E-state index contributed by atoms with van der Waals surface area (Å²) in [6.07, 6.45) is 2.21. The summed E-state index contributed by atoms with van der Waals surface area (Å²) >= 11 is 0. The van der Waals surface area contributed by atoms with Crippen molar-refractivity contribution in [2.75, 3.05) is 13.2 Å². The molecule has 0 aromatic heterocycles. The topological polar surface area (TPSA) is 55.5 Å². The second kappa shape index (κ2) is 5.29. The minimum atomic E-state index is -0.579. The number of nitrogens with two attached hydrogens (primary N) is 1. The molecule has 100 valence electrons. The van der Waals surface area contributed by atoms with E-state index < -0.39 is 5.54 Å². The fourth-order valence-electron chi connectivity index (χ4n) is 2.25. The first-order valence-electron chi connectivity index (χ1n) is 6.68. The molecule has 1 fully saturated rings. The number of ether oxygens (including phenoxy) is 1. The monoisotopic (exact) mass is 249 g/mol. The number of aliphatic hydroxyl groups is 1. The Hall–Kier alpha value is -1.06. The maximum Gasteiger partial charge on any atom is 0.122 e. The third kappa shape index (κ3) is 2.85. The van der Waals surface area contributed by atoms with E-state index in [2.05, 4.69) is 19.9 Å². The Morgan fingerprint density at radius 3 is 2.61 bits per heavy atom. The zero-order chi connectivity index (χ0) is 13.2. The summed E-state index contributed by atoms with van der Waals surface area (Å²) in [7, 11) is 0. The van der Waals surface area contributed by atoms with Crippen LogP contribution in [0, 0.1) is 5.92 Å². The van der Waals surface area contributed by atoms with Gasteiger partial charge in [-0.3, -0.25) is 0 Å². The highest BCUT2D eigenvalue weighted by Crippen LogP contribution is 2.38. The summed E-state index contributed by atoms with van der Waals surface area (Å²) in [4.78, 5) is 0. The van der Waals surface area contributed by atoms with Crippen molar-refractivity contribution in [3.63, 3.8) is 0 Å². The van der Waals surface area contributed by atoms with Crippen LogP contribution in [-0.4, -0.2) is 23.9 Å². The van der Waals surface area contributed by atoms with Gasteiger partial charge in [0.05, 0.1) is 12.1 Å². The molecule has 1 unspecified atom stereocenters. The molecule has 3 heteroatoms. The van der Waals surface area contributed by atoms with Crippen LogP contribution in [0.4, 0.5) is 0 Å². The molecule has 0 amide bonds. The van der Waals surface area contributed by atoms with Crippen molar-refractivity contribution in [2.24, 2.45) is 11.7 Å². The van der Waals surface area contributed by atoms with E-state index in [1.807, 2.05) is 18.2 Å². The van der Waals surface area contributed by atoms with Crippen molar-refractivity contribution in [2.45, 2.75) is 38.1 Å². The highest BCUT2D eigenvalue weighted by Gasteiger charge is 2.42. The van der Waals surface area contributed by atoms with Gasteiger partial charge in [0.15, 0.2) is 0 Å². The molecule has 0 heterocycles. The maximum absolute atomic E-state index is 9.45. The molecule has 3 nitrogen and oxygen atoms in total. The van der Waals surface area contributed by atoms with E-state index in [4.69, 9.17) is 10.5 Å². The van der Waals surface area contributed by atoms with E-state index in [0.29, 0.717) is 18.4 Å². The van der Waals surface area contributed by atoms with Crippen LogP contribution in [-0.2, 0) is 0 Å². The Bertz CT molecular complexity index is 401. The van der Waals surface area contributed by atoms with Gasteiger partial charge in [-0.2, -0.15) is 0 Å². The second-order valence-corrected chi connectivity index (χ2v) is 5.65. The predicted octanol–water partition coefficient (Wildman–Crippen LogP) is 2.29. The van der Waals surface area contributed by atoms with Gasteiger partial charge < -0.3 is 15.6 Å². The van der Waals surface area contributed by atoms with Gasteiger partial charge in [-0.25, -0.2) is 0 Å². The van der Waals surface area contributed by atoms with Gasteiger partial charge in [0.1, 0.15) is 12.4 Å². The first-order chi connectivity index (χ1) is 8.57. The quantitative estimate of drug-likeness (QED) is 0.813. The molecular weight excluding hydrogens is 226 g/mol. The van der Waals surface area contributed by atoms with Gasteiger partial charge >= 0.3 is 0 Å². The predicted molar refractivity (Wildman–Crippen MR) is 72.8 cm³/mol. The van der Waals surface area contributed by atoms with Gasteiger partial charge in [-0.15, -0.1) is 0 Å². The highest BCUT2D eigenvalue weighted by molar-refractivity contribution is 5.35. The van der Waals surface area contributed by atoms with Crippen LogP contribution in [0.15, 0.2) is 24.3 Å². The van der Waals surface area contributed by atoms with Crippen molar-refractivity contribution < 1.29 is 9.84 Å². The molecule has 1 aliphatic rings. The molecule has 2 rings (SSSR count). The normalized spacial score (nSPS) is 18.7. The molecule has 1 aromatic rings. The standard InChI is InChI=1S/C15H23NO2/c1-11(2)13-5-3-4-6-14(13)18-10-15(16,9-17)12-7-8-12/h3-6,11-12,17H,7-10,16H2,1-2H3. The fraction of sp³-hybridized carbons (Fsp3) is 0.600. The number of hydrogen-bond donors (Lipinski definition) is 2. The molecule has 0 spiro atoms. The lowest BCUT2D eigenvalue weighted by molar-refractivity contribution is 0.116. The number of aliphatic hydroxyl groups excluding tert-OH is 1. The first-order valence-corrected chi connectivity index (χ1v) is 6.68. The third-order valence-electron chi connectivity index (χ3n) is 3.72. The van der Waals surface area contributed by atoms with Gasteiger partial charge in [0.2, 0.25) is 0 Å². The highest BCUT2D eigenvalue weighted by atomic mass is 16.5. The third-order valence-corrected chi connectivity index (χ3v) is 3.72. The van der Waals surface area contributed by atoms with Gasteiger partial charge in [0.25, 0.3) is 0 Å². The van der Waals surface area contributed by atoms with Crippen LogP contribution in [0.5, 0.6) is 5.75 Å². The van der Waals surface area contributed by atoms with Crippen LogP contribution >= 0.6 is 0 Å². The number of benzene rings is 1. The zero-order valence-corrected chi connectivity index (χ0v) is 11.2. The van der Waals surface area contributed by atoms with Gasteiger partial charge in [-0.05, 0) is 36.3 Å². The van der Waals surface area contributed by atoms with E-state index in [-0.39, 0.29) is 6.61 Å². The number of hydrogen-bond acceptors (Lipinski definition) is 3. The smallest absolute Gasteiger partial charge is 0.122 e. The van der Waals surface area contributed by atoms with Crippen molar-refractivity contribution in [3.8, 4) is 5.75 Å². The molecule has 1 atom stereocenters. The van der Waals surface area contributed by atoms with E-state index in [1.54, 1.807) is 0 Å². The summed E-state index contributed by atoms with van der Waals surface area (Å²) in [5, 5.41) is 9.45. The summed E-state index contributed by atoms with van der Waals surface area (Å²) in [5.74, 6) is 1.72. The lowest BCUT2D eigenvalue weighted by atomic mass is 9.96. The SMILES string of the molecule is CC(C)c1ccccc1OCC(N)(CO)C1CC1. The van der Waals surface area contributed by atoms with E-state index >= 15 is 0 Å². The van der Waals surface area contributed by atoms with Crippen molar-refractivity contribution in [3.05, 3.63) is 29.8 Å². The zero-order valence-electron chi connectivity index (χ0n) is 11.2. The lowest BCUT2D eigenvalue weighted by Crippen LogP contribution is -2.51. The molecular formula is C15H23NO2. The van der Waals surface area contributed by atoms with Crippen LogP contribution in [0.3, 0.4) is 0 Å².